The van der Waals surface area contributed by atoms with Gasteiger partial charge in [-0.15, -0.1) is 5.11 Å². The van der Waals surface area contributed by atoms with E-state index in [1.165, 1.54) is 0 Å². The van der Waals surface area contributed by atoms with E-state index in [1.54, 1.807) is 25.4 Å². The zero-order valence-electron chi connectivity index (χ0n) is 16.2. The summed E-state index contributed by atoms with van der Waals surface area (Å²) in [5.74, 6) is 1.56. The van der Waals surface area contributed by atoms with E-state index in [4.69, 9.17) is 9.47 Å². The summed E-state index contributed by atoms with van der Waals surface area (Å²) in [6.07, 6.45) is 1.70. The molecule has 142 valence electrons. The molecule has 28 heavy (non-hydrogen) atoms. The van der Waals surface area contributed by atoms with Gasteiger partial charge < -0.3 is 9.47 Å². The number of methoxy groups -OCH3 is 2. The molecule has 1 heterocycles. The zero-order valence-corrected chi connectivity index (χ0v) is 16.2. The van der Waals surface area contributed by atoms with Crippen LogP contribution in [0.3, 0.4) is 0 Å². The first-order chi connectivity index (χ1) is 13.6. The van der Waals surface area contributed by atoms with Gasteiger partial charge in [-0.05, 0) is 42.0 Å². The first kappa shape index (κ1) is 19.1. The van der Waals surface area contributed by atoms with Crippen LogP contribution in [0, 0.1) is 0 Å². The minimum absolute atomic E-state index is 0.495. The lowest BCUT2D eigenvalue weighted by atomic mass is 10.0. The van der Waals surface area contributed by atoms with E-state index in [0.29, 0.717) is 11.4 Å². The molecule has 0 bridgehead atoms. The van der Waals surface area contributed by atoms with Crippen molar-refractivity contribution in [3.05, 3.63) is 79.1 Å². The van der Waals surface area contributed by atoms with Gasteiger partial charge in [0.2, 0.25) is 0 Å². The van der Waals surface area contributed by atoms with Gasteiger partial charge in [-0.2, -0.15) is 0 Å². The molecule has 0 aliphatic carbocycles. The van der Waals surface area contributed by atoms with Gasteiger partial charge in [0.25, 0.3) is 0 Å². The van der Waals surface area contributed by atoms with Gasteiger partial charge in [0.15, 0.2) is 0 Å². The van der Waals surface area contributed by atoms with Crippen LogP contribution in [0.5, 0.6) is 11.5 Å². The Hall–Kier alpha value is -3.67. The molecule has 0 saturated carbocycles. The number of rotatable bonds is 7. The third-order valence-electron chi connectivity index (χ3n) is 4.22. The van der Waals surface area contributed by atoms with Crippen LogP contribution in [0.15, 0.2) is 83.8 Å². The minimum Gasteiger partial charge on any atom is -0.497 e. The highest BCUT2D eigenvalue weighted by Crippen LogP contribution is 2.34. The highest BCUT2D eigenvalue weighted by molar-refractivity contribution is 5.74. The molecular weight excluding hydrogens is 352 g/mol. The SMILES string of the molecule is C=C(N=NN(C)c1ccc(-c2ccc(OC)cc2)c(OC)c1)c1ccccn1. The second kappa shape index (κ2) is 8.81. The minimum atomic E-state index is 0.495. The van der Waals surface area contributed by atoms with Crippen LogP contribution in [-0.2, 0) is 0 Å². The molecule has 1 aromatic heterocycles. The Bertz CT molecular complexity index is 970. The van der Waals surface area contributed by atoms with Crippen molar-refractivity contribution in [3.63, 3.8) is 0 Å². The Labute approximate surface area is 164 Å². The Morgan fingerprint density at radius 3 is 2.43 bits per heavy atom. The molecule has 0 radical (unpaired) electrons. The van der Waals surface area contributed by atoms with Crippen LogP contribution >= 0.6 is 0 Å². The van der Waals surface area contributed by atoms with Crippen molar-refractivity contribution in [3.8, 4) is 22.6 Å². The summed E-state index contributed by atoms with van der Waals surface area (Å²) >= 11 is 0. The predicted octanol–water partition coefficient (Wildman–Crippen LogP) is 5.24. The molecule has 0 aliphatic rings. The summed E-state index contributed by atoms with van der Waals surface area (Å²) in [4.78, 5) is 4.21. The number of hydrogen-bond donors (Lipinski definition) is 0. The maximum atomic E-state index is 5.58. The maximum Gasteiger partial charge on any atom is 0.128 e. The number of benzene rings is 2. The molecule has 0 N–H and O–H groups in total. The second-order valence-electron chi connectivity index (χ2n) is 5.99. The second-order valence-corrected chi connectivity index (χ2v) is 5.99. The van der Waals surface area contributed by atoms with Crippen LogP contribution in [0.4, 0.5) is 5.69 Å². The topological polar surface area (TPSA) is 59.3 Å². The molecule has 2 aromatic carbocycles. The van der Waals surface area contributed by atoms with E-state index >= 15 is 0 Å². The average molecular weight is 374 g/mol. The van der Waals surface area contributed by atoms with Crippen LogP contribution in [0.1, 0.15) is 5.69 Å². The smallest absolute Gasteiger partial charge is 0.128 e. The van der Waals surface area contributed by atoms with Gasteiger partial charge in [0.05, 0.1) is 25.6 Å². The maximum absolute atomic E-state index is 5.58. The Kier molecular flexibility index (Phi) is 6.01. The fraction of sp³-hybridized carbons (Fsp3) is 0.136. The highest BCUT2D eigenvalue weighted by Gasteiger charge is 2.10. The highest BCUT2D eigenvalue weighted by atomic mass is 16.5. The number of nitrogens with zero attached hydrogens (tertiary/aromatic N) is 4. The summed E-state index contributed by atoms with van der Waals surface area (Å²) in [6, 6.07) is 19.3. The number of ether oxygens (including phenoxy) is 2. The van der Waals surface area contributed by atoms with Crippen LogP contribution < -0.4 is 14.5 Å². The van der Waals surface area contributed by atoms with Crippen molar-refractivity contribution in [2.75, 3.05) is 26.3 Å². The molecule has 0 spiro atoms. The van der Waals surface area contributed by atoms with Crippen molar-refractivity contribution in [2.24, 2.45) is 10.3 Å². The molecule has 6 nitrogen and oxygen atoms in total. The fourth-order valence-electron chi connectivity index (χ4n) is 2.65. The molecule has 3 aromatic rings. The van der Waals surface area contributed by atoms with Gasteiger partial charge in [-0.3, -0.25) is 4.98 Å². The lowest BCUT2D eigenvalue weighted by Crippen LogP contribution is -2.07. The molecular formula is C22H22N4O2. The molecule has 0 fully saturated rings. The van der Waals surface area contributed by atoms with Gasteiger partial charge in [-0.1, -0.05) is 30.0 Å². The van der Waals surface area contributed by atoms with Gasteiger partial charge in [-0.25, -0.2) is 5.01 Å². The standard InChI is InChI=1S/C22H22N4O2/c1-16(21-7-5-6-14-23-21)24-25-26(2)18-10-13-20(22(15-18)28-4)17-8-11-19(27-3)12-9-17/h5-15H,1H2,2-4H3. The molecule has 3 rings (SSSR count). The Morgan fingerprint density at radius 1 is 1.00 bits per heavy atom. The van der Waals surface area contributed by atoms with E-state index in [0.717, 1.165) is 28.3 Å². The third kappa shape index (κ3) is 4.35. The van der Waals surface area contributed by atoms with E-state index in [2.05, 4.69) is 21.9 Å². The monoisotopic (exact) mass is 374 g/mol. The average Bonchev–Trinajstić information content (AvgIpc) is 2.77. The van der Waals surface area contributed by atoms with Crippen molar-refractivity contribution in [1.82, 2.24) is 4.98 Å². The first-order valence-corrected chi connectivity index (χ1v) is 8.70. The van der Waals surface area contributed by atoms with Crippen molar-refractivity contribution < 1.29 is 9.47 Å². The molecule has 6 heteroatoms. The predicted molar refractivity (Wildman–Crippen MR) is 112 cm³/mol. The van der Waals surface area contributed by atoms with E-state index < -0.39 is 0 Å². The number of aromatic nitrogens is 1. The van der Waals surface area contributed by atoms with Crippen molar-refractivity contribution in [1.29, 1.82) is 0 Å². The number of hydrogen-bond acceptors (Lipinski definition) is 5. The summed E-state index contributed by atoms with van der Waals surface area (Å²) in [5, 5.41) is 10.0. The summed E-state index contributed by atoms with van der Waals surface area (Å²) in [5.41, 5.74) is 4.04. The quantitative estimate of drug-likeness (QED) is 0.419. The summed E-state index contributed by atoms with van der Waals surface area (Å²) in [6.45, 7) is 3.91. The lowest BCUT2D eigenvalue weighted by Gasteiger charge is -2.15. The summed E-state index contributed by atoms with van der Waals surface area (Å²) in [7, 11) is 5.12. The normalized spacial score (nSPS) is 10.7. The molecule has 0 atom stereocenters. The molecule has 0 amide bonds. The van der Waals surface area contributed by atoms with Gasteiger partial charge in [0, 0.05) is 24.9 Å². The molecule has 0 saturated heterocycles. The fourth-order valence-corrected chi connectivity index (χ4v) is 2.65. The zero-order chi connectivity index (χ0) is 19.9. The number of anilines is 1. The first-order valence-electron chi connectivity index (χ1n) is 8.70. The Morgan fingerprint density at radius 2 is 1.79 bits per heavy atom. The third-order valence-corrected chi connectivity index (χ3v) is 4.22. The van der Waals surface area contributed by atoms with Gasteiger partial charge >= 0.3 is 0 Å². The van der Waals surface area contributed by atoms with Crippen molar-refractivity contribution in [2.45, 2.75) is 0 Å². The molecule has 0 unspecified atom stereocenters. The van der Waals surface area contributed by atoms with Crippen LogP contribution in [-0.4, -0.2) is 26.3 Å². The van der Waals surface area contributed by atoms with Crippen LogP contribution in [0.2, 0.25) is 0 Å². The number of pyridine rings is 1. The largest absolute Gasteiger partial charge is 0.497 e. The van der Waals surface area contributed by atoms with E-state index in [1.807, 2.05) is 67.7 Å². The van der Waals surface area contributed by atoms with E-state index in [9.17, 15) is 0 Å². The summed E-state index contributed by atoms with van der Waals surface area (Å²) < 4.78 is 10.8. The Balaban J connectivity index is 1.80. The van der Waals surface area contributed by atoms with Gasteiger partial charge in [0.1, 0.15) is 17.2 Å². The van der Waals surface area contributed by atoms with Crippen molar-refractivity contribution >= 4 is 11.4 Å². The lowest BCUT2D eigenvalue weighted by molar-refractivity contribution is 0.414. The van der Waals surface area contributed by atoms with Crippen LogP contribution in [0.25, 0.3) is 16.8 Å². The van der Waals surface area contributed by atoms with E-state index in [-0.39, 0.29) is 0 Å². The molecule has 0 aliphatic heterocycles.